The summed E-state index contributed by atoms with van der Waals surface area (Å²) in [5.74, 6) is 0.281. The molecule has 1 heterocycles. The number of aromatic hydroxyl groups is 1. The summed E-state index contributed by atoms with van der Waals surface area (Å²) < 4.78 is 0. The Morgan fingerprint density at radius 2 is 1.36 bits per heavy atom. The Morgan fingerprint density at radius 3 is 1.83 bits per heavy atom. The Bertz CT molecular complexity index is 1440. The van der Waals surface area contributed by atoms with Crippen LogP contribution in [0.15, 0.2) is 54.6 Å². The summed E-state index contributed by atoms with van der Waals surface area (Å²) in [4.78, 5) is 32.1. The fraction of sp³-hybridized carbons (Fsp3) is 0.459. The molecule has 42 heavy (non-hydrogen) atoms. The van der Waals surface area contributed by atoms with E-state index in [9.17, 15) is 9.90 Å². The number of anilines is 2. The number of fused-ring (bicyclic) bond motifs is 1. The van der Waals surface area contributed by atoms with E-state index in [-0.39, 0.29) is 40.2 Å². The first-order chi connectivity index (χ1) is 19.4. The molecule has 3 aromatic carbocycles. The molecule has 0 radical (unpaired) electrons. The number of benzene rings is 3. The summed E-state index contributed by atoms with van der Waals surface area (Å²) in [5.41, 5.74) is 6.09. The van der Waals surface area contributed by atoms with Gasteiger partial charge in [0.15, 0.2) is 0 Å². The van der Waals surface area contributed by atoms with Crippen molar-refractivity contribution in [3.63, 3.8) is 0 Å². The van der Waals surface area contributed by atoms with Crippen LogP contribution in [-0.2, 0) is 22.0 Å². The van der Waals surface area contributed by atoms with Crippen LogP contribution < -0.4 is 4.90 Å². The normalized spacial score (nSPS) is 15.8. The molecule has 4 rings (SSSR count). The molecule has 3 aromatic rings. The van der Waals surface area contributed by atoms with Crippen molar-refractivity contribution >= 4 is 23.2 Å². The highest BCUT2D eigenvalue weighted by molar-refractivity contribution is 6.09. The van der Waals surface area contributed by atoms with Gasteiger partial charge in [0.2, 0.25) is 0 Å². The molecular formula is C37H48N2O3. The van der Waals surface area contributed by atoms with Gasteiger partial charge in [-0.05, 0) is 57.6 Å². The van der Waals surface area contributed by atoms with Gasteiger partial charge in [-0.1, -0.05) is 106 Å². The average Bonchev–Trinajstić information content (AvgIpc) is 2.90. The first-order valence-electron chi connectivity index (χ1n) is 15.1. The molecule has 5 nitrogen and oxygen atoms in total. The van der Waals surface area contributed by atoms with Crippen LogP contribution in [0.25, 0.3) is 0 Å². The van der Waals surface area contributed by atoms with Gasteiger partial charge in [0.1, 0.15) is 11.8 Å². The van der Waals surface area contributed by atoms with Crippen molar-refractivity contribution in [2.45, 2.75) is 104 Å². The van der Waals surface area contributed by atoms with Crippen molar-refractivity contribution in [2.24, 2.45) is 0 Å². The molecular weight excluding hydrogens is 520 g/mol. The Morgan fingerprint density at radius 1 is 0.857 bits per heavy atom. The molecule has 0 fully saturated rings. The molecule has 1 atom stereocenters. The number of phenolic OH excluding ortho intramolecular Hbond substituents is 1. The molecule has 0 spiro atoms. The van der Waals surface area contributed by atoms with Gasteiger partial charge < -0.3 is 10.0 Å². The van der Waals surface area contributed by atoms with E-state index < -0.39 is 6.04 Å². The second kappa shape index (κ2) is 11.2. The highest BCUT2D eigenvalue weighted by Crippen LogP contribution is 2.46. The lowest BCUT2D eigenvalue weighted by molar-refractivity contribution is -0.122. The van der Waals surface area contributed by atoms with Gasteiger partial charge in [-0.3, -0.25) is 14.5 Å². The van der Waals surface area contributed by atoms with Gasteiger partial charge in [-0.25, -0.2) is 0 Å². The fourth-order valence-corrected chi connectivity index (χ4v) is 6.01. The number of likely N-dealkylation sites (N-methyl/N-ethyl adjacent to an activating group) is 1. The minimum atomic E-state index is -0.683. The third kappa shape index (κ3) is 5.71. The lowest BCUT2D eigenvalue weighted by Gasteiger charge is -2.39. The van der Waals surface area contributed by atoms with Gasteiger partial charge in [-0.2, -0.15) is 0 Å². The first-order valence-corrected chi connectivity index (χ1v) is 15.1. The van der Waals surface area contributed by atoms with Gasteiger partial charge in [0.25, 0.3) is 11.8 Å². The molecule has 1 aliphatic heterocycles. The molecule has 5 heteroatoms. The molecule has 2 amide bonds. The van der Waals surface area contributed by atoms with Crippen LogP contribution in [0.3, 0.4) is 0 Å². The number of phenols is 1. The SMILES string of the molecule is CC(C)c1cccc(C(C)C)c1N(C(=O)C1Cc2ccccc2C(=O)N1C)c1cc(C(C)(C)C)c(O)c(C(C)(C)C)c1. The standard InChI is InChI=1S/C37H48N2O3/c1-22(2)26-17-14-18-27(23(3)4)32(26)39(25-20-29(36(5,6)7)33(40)30(21-25)37(8,9)10)35(42)31-19-24-15-12-13-16-28(24)34(41)38(31)11/h12-18,20-23,31,40H,19H2,1-11H3. The molecule has 0 saturated heterocycles. The second-order valence-corrected chi connectivity index (χ2v) is 14.5. The van der Waals surface area contributed by atoms with E-state index in [0.717, 1.165) is 33.5 Å². The largest absolute Gasteiger partial charge is 0.507 e. The summed E-state index contributed by atoms with van der Waals surface area (Å²) in [7, 11) is 1.73. The van der Waals surface area contributed by atoms with Crippen molar-refractivity contribution < 1.29 is 14.7 Å². The van der Waals surface area contributed by atoms with Crippen molar-refractivity contribution in [3.05, 3.63) is 88.0 Å². The molecule has 1 N–H and O–H groups in total. The number of amides is 2. The number of hydrogen-bond donors (Lipinski definition) is 1. The number of hydrogen-bond acceptors (Lipinski definition) is 3. The minimum absolute atomic E-state index is 0.146. The third-order valence-corrected chi connectivity index (χ3v) is 8.49. The Labute approximate surface area is 252 Å². The van der Waals surface area contributed by atoms with Crippen molar-refractivity contribution in [1.29, 1.82) is 0 Å². The van der Waals surface area contributed by atoms with E-state index in [0.29, 0.717) is 17.7 Å². The maximum atomic E-state index is 15.1. The highest BCUT2D eigenvalue weighted by Gasteiger charge is 2.40. The Hall–Kier alpha value is -3.60. The van der Waals surface area contributed by atoms with Crippen LogP contribution in [0.4, 0.5) is 11.4 Å². The smallest absolute Gasteiger partial charge is 0.254 e. The molecule has 1 unspecified atom stereocenters. The van der Waals surface area contributed by atoms with E-state index in [2.05, 4.69) is 87.4 Å². The van der Waals surface area contributed by atoms with Crippen LogP contribution in [0.1, 0.15) is 119 Å². The summed E-state index contributed by atoms with van der Waals surface area (Å²) in [5, 5.41) is 11.5. The second-order valence-electron chi connectivity index (χ2n) is 14.5. The predicted octanol–water partition coefficient (Wildman–Crippen LogP) is 8.60. The summed E-state index contributed by atoms with van der Waals surface area (Å²) >= 11 is 0. The van der Waals surface area contributed by atoms with Crippen molar-refractivity contribution in [2.75, 3.05) is 11.9 Å². The maximum Gasteiger partial charge on any atom is 0.254 e. The van der Waals surface area contributed by atoms with E-state index in [4.69, 9.17) is 0 Å². The van der Waals surface area contributed by atoms with E-state index in [1.54, 1.807) is 11.9 Å². The Kier molecular flexibility index (Phi) is 8.39. The van der Waals surface area contributed by atoms with Gasteiger partial charge >= 0.3 is 0 Å². The quantitative estimate of drug-likeness (QED) is 0.335. The Balaban J connectivity index is 2.08. The highest BCUT2D eigenvalue weighted by atomic mass is 16.3. The number of carbonyl (C=O) groups is 2. The average molecular weight is 569 g/mol. The lowest BCUT2D eigenvalue weighted by atomic mass is 9.79. The lowest BCUT2D eigenvalue weighted by Crippen LogP contribution is -2.52. The number of carbonyl (C=O) groups excluding carboxylic acids is 2. The monoisotopic (exact) mass is 568 g/mol. The van der Waals surface area contributed by atoms with E-state index in [1.165, 1.54) is 0 Å². The van der Waals surface area contributed by atoms with E-state index in [1.807, 2.05) is 41.3 Å². The molecule has 0 aliphatic carbocycles. The number of rotatable bonds is 5. The van der Waals surface area contributed by atoms with Gasteiger partial charge in [-0.15, -0.1) is 0 Å². The van der Waals surface area contributed by atoms with Crippen LogP contribution in [-0.4, -0.2) is 34.9 Å². The number of nitrogens with zero attached hydrogens (tertiary/aromatic N) is 2. The summed E-state index contributed by atoms with van der Waals surface area (Å²) in [6, 6.07) is 17.1. The van der Waals surface area contributed by atoms with Crippen LogP contribution in [0.2, 0.25) is 0 Å². The topological polar surface area (TPSA) is 60.9 Å². The first kappa shape index (κ1) is 31.3. The fourth-order valence-electron chi connectivity index (χ4n) is 6.01. The molecule has 1 aliphatic rings. The zero-order valence-corrected chi connectivity index (χ0v) is 27.3. The van der Waals surface area contributed by atoms with Crippen LogP contribution in [0, 0.1) is 0 Å². The number of para-hydroxylation sites is 1. The predicted molar refractivity (Wildman–Crippen MR) is 173 cm³/mol. The van der Waals surface area contributed by atoms with Gasteiger partial charge in [0, 0.05) is 35.8 Å². The van der Waals surface area contributed by atoms with Crippen molar-refractivity contribution in [3.8, 4) is 5.75 Å². The van der Waals surface area contributed by atoms with Crippen LogP contribution in [0.5, 0.6) is 5.75 Å². The minimum Gasteiger partial charge on any atom is -0.507 e. The molecule has 0 bridgehead atoms. The van der Waals surface area contributed by atoms with Crippen molar-refractivity contribution in [1.82, 2.24) is 4.90 Å². The maximum absolute atomic E-state index is 15.1. The molecule has 224 valence electrons. The molecule has 0 saturated carbocycles. The zero-order chi connectivity index (χ0) is 31.3. The molecule has 0 aromatic heterocycles. The third-order valence-electron chi connectivity index (χ3n) is 8.49. The summed E-state index contributed by atoms with van der Waals surface area (Å²) in [6.07, 6.45) is 0.435. The van der Waals surface area contributed by atoms with Gasteiger partial charge in [0.05, 0.1) is 5.69 Å². The summed E-state index contributed by atoms with van der Waals surface area (Å²) in [6.45, 7) is 21.1. The van der Waals surface area contributed by atoms with Crippen LogP contribution >= 0.6 is 0 Å². The van der Waals surface area contributed by atoms with E-state index >= 15 is 4.79 Å². The zero-order valence-electron chi connectivity index (χ0n) is 27.3.